The molecular formula is C41H46ClN3O7. The number of hydrogen-bond acceptors (Lipinski definition) is 8. The quantitative estimate of drug-likeness (QED) is 0.124. The Labute approximate surface area is 309 Å². The third kappa shape index (κ3) is 9.77. The summed E-state index contributed by atoms with van der Waals surface area (Å²) < 4.78 is 18.1. The van der Waals surface area contributed by atoms with Crippen LogP contribution in [-0.4, -0.2) is 66.0 Å². The van der Waals surface area contributed by atoms with E-state index < -0.39 is 23.9 Å². The number of aliphatic hydroxyl groups excluding tert-OH is 1. The molecule has 4 aromatic carbocycles. The zero-order chi connectivity index (χ0) is 36.5. The Hall–Kier alpha value is -4.29. The molecule has 2 amide bonds. The van der Waals surface area contributed by atoms with Crippen LogP contribution in [0.5, 0.6) is 0 Å². The Morgan fingerprint density at radius 2 is 1.60 bits per heavy atom. The first-order valence-corrected chi connectivity index (χ1v) is 18.2. The minimum Gasteiger partial charge on any atom is -0.465 e. The van der Waals surface area contributed by atoms with Crippen molar-refractivity contribution in [2.45, 2.75) is 63.4 Å². The summed E-state index contributed by atoms with van der Waals surface area (Å²) in [5.74, 6) is -0.485. The Morgan fingerprint density at radius 3 is 2.29 bits per heavy atom. The number of hydrogen-bond donors (Lipinski definition) is 4. The van der Waals surface area contributed by atoms with E-state index in [-0.39, 0.29) is 32.0 Å². The molecule has 2 aliphatic rings. The fourth-order valence-electron chi connectivity index (χ4n) is 6.78. The number of nitrogens with zero attached hydrogens (tertiary/aromatic N) is 1. The first kappa shape index (κ1) is 37.5. The molecule has 0 aliphatic carbocycles. The molecule has 4 N–H and O–H groups in total. The van der Waals surface area contributed by atoms with Crippen molar-refractivity contribution in [1.29, 1.82) is 0 Å². The van der Waals surface area contributed by atoms with Crippen LogP contribution in [0.2, 0.25) is 5.02 Å². The number of carbonyl (C=O) groups is 2. The Bertz CT molecular complexity index is 1780. The van der Waals surface area contributed by atoms with Gasteiger partial charge in [-0.3, -0.25) is 4.79 Å². The number of piperidine rings is 1. The summed E-state index contributed by atoms with van der Waals surface area (Å²) in [6.45, 7) is 4.25. The highest BCUT2D eigenvalue weighted by atomic mass is 35.5. The third-order valence-corrected chi connectivity index (χ3v) is 9.99. The maximum Gasteiger partial charge on any atom is 0.325 e. The minimum absolute atomic E-state index is 0.0181. The van der Waals surface area contributed by atoms with Crippen LogP contribution >= 0.6 is 11.6 Å². The SMILES string of the molecule is CCOC(=O)CNC(=O)NCc1cccc(-c2ccc([C@@H]3O[C@H](CN4CCC(O)(c5ccc(Cl)cc5)CC4)C[C@H](c4ccc(CO)cc4)O3)cc2)c1. The number of halogens is 1. The van der Waals surface area contributed by atoms with Crippen molar-refractivity contribution < 1.29 is 34.0 Å². The zero-order valence-corrected chi connectivity index (χ0v) is 30.1. The number of nitrogens with one attached hydrogen (secondary N) is 2. The van der Waals surface area contributed by atoms with E-state index in [1.165, 1.54) is 0 Å². The number of urea groups is 1. The van der Waals surface area contributed by atoms with Crippen LogP contribution in [0.1, 0.15) is 66.4 Å². The maximum atomic E-state index is 12.2. The number of ether oxygens (including phenoxy) is 3. The van der Waals surface area contributed by atoms with E-state index in [1.807, 2.05) is 97.1 Å². The molecule has 0 radical (unpaired) electrons. The summed E-state index contributed by atoms with van der Waals surface area (Å²) in [4.78, 5) is 26.0. The van der Waals surface area contributed by atoms with E-state index in [1.54, 1.807) is 6.92 Å². The average molecular weight is 728 g/mol. The van der Waals surface area contributed by atoms with Gasteiger partial charge in [-0.1, -0.05) is 90.5 Å². The second-order valence-corrected chi connectivity index (χ2v) is 13.8. The van der Waals surface area contributed by atoms with Gasteiger partial charge < -0.3 is 40.0 Å². The number of likely N-dealkylation sites (tertiary alicyclic amines) is 1. The van der Waals surface area contributed by atoms with E-state index in [0.717, 1.165) is 52.0 Å². The van der Waals surface area contributed by atoms with Crippen molar-refractivity contribution in [2.75, 3.05) is 32.8 Å². The largest absolute Gasteiger partial charge is 0.465 e. The Balaban J connectivity index is 1.11. The predicted molar refractivity (Wildman–Crippen MR) is 198 cm³/mol. The van der Waals surface area contributed by atoms with E-state index in [2.05, 4.69) is 15.5 Å². The second kappa shape index (κ2) is 17.5. The number of amides is 2. The Morgan fingerprint density at radius 1 is 0.885 bits per heavy atom. The molecule has 6 rings (SSSR count). The van der Waals surface area contributed by atoms with Crippen molar-refractivity contribution in [2.24, 2.45) is 0 Å². The van der Waals surface area contributed by atoms with Crippen molar-refractivity contribution in [3.05, 3.63) is 130 Å². The van der Waals surface area contributed by atoms with Crippen LogP contribution in [-0.2, 0) is 37.8 Å². The standard InChI is InChI=1S/C41H46ClN3O7/c1-2-50-38(47)25-44-40(48)43-24-29-4-3-5-33(22-29)30-10-12-32(13-11-30)39-51-36(23-37(52-39)31-8-6-28(27-46)7-9-31)26-45-20-18-41(49,19-21-45)34-14-16-35(42)17-15-34/h3-17,22,36-37,39,46,49H,2,18-21,23-27H2,1H3,(H2,43,44,48)/t36-,37+,39+/m0/s1. The van der Waals surface area contributed by atoms with Gasteiger partial charge in [0.2, 0.25) is 0 Å². The Kier molecular flexibility index (Phi) is 12.6. The molecule has 10 nitrogen and oxygen atoms in total. The van der Waals surface area contributed by atoms with Crippen molar-refractivity contribution in [3.8, 4) is 11.1 Å². The molecule has 3 atom stereocenters. The number of rotatable bonds is 12. The van der Waals surface area contributed by atoms with Crippen LogP contribution in [0.25, 0.3) is 11.1 Å². The van der Waals surface area contributed by atoms with Crippen LogP contribution < -0.4 is 10.6 Å². The van der Waals surface area contributed by atoms with Crippen molar-refractivity contribution >= 4 is 23.6 Å². The van der Waals surface area contributed by atoms with Gasteiger partial charge in [-0.25, -0.2) is 4.79 Å². The molecular weight excluding hydrogens is 682 g/mol. The maximum absolute atomic E-state index is 12.2. The highest BCUT2D eigenvalue weighted by Gasteiger charge is 2.37. The normalized spacial score (nSPS) is 20.2. The first-order valence-electron chi connectivity index (χ1n) is 17.8. The molecule has 0 spiro atoms. The number of carbonyl (C=O) groups excluding carboxylic acids is 2. The lowest BCUT2D eigenvalue weighted by Gasteiger charge is -2.42. The summed E-state index contributed by atoms with van der Waals surface area (Å²) in [6, 6.07) is 30.9. The zero-order valence-electron chi connectivity index (χ0n) is 29.3. The summed E-state index contributed by atoms with van der Waals surface area (Å²) in [5.41, 5.74) is 5.70. The van der Waals surface area contributed by atoms with Gasteiger partial charge in [0.25, 0.3) is 0 Å². The van der Waals surface area contributed by atoms with Gasteiger partial charge >= 0.3 is 12.0 Å². The van der Waals surface area contributed by atoms with E-state index in [9.17, 15) is 19.8 Å². The topological polar surface area (TPSA) is 130 Å². The molecule has 2 fully saturated rings. The molecule has 52 heavy (non-hydrogen) atoms. The monoisotopic (exact) mass is 727 g/mol. The van der Waals surface area contributed by atoms with Crippen LogP contribution in [0.3, 0.4) is 0 Å². The van der Waals surface area contributed by atoms with Crippen LogP contribution in [0, 0.1) is 0 Å². The molecule has 0 aromatic heterocycles. The molecule has 4 aromatic rings. The van der Waals surface area contributed by atoms with Crippen LogP contribution in [0.4, 0.5) is 4.79 Å². The van der Waals surface area contributed by atoms with Gasteiger partial charge in [-0.2, -0.15) is 0 Å². The summed E-state index contributed by atoms with van der Waals surface area (Å²) in [7, 11) is 0. The highest BCUT2D eigenvalue weighted by molar-refractivity contribution is 6.30. The third-order valence-electron chi connectivity index (χ3n) is 9.74. The van der Waals surface area contributed by atoms with Crippen LogP contribution in [0.15, 0.2) is 97.1 Å². The molecule has 0 bridgehead atoms. The molecule has 2 aliphatic heterocycles. The first-order chi connectivity index (χ1) is 25.2. The summed E-state index contributed by atoms with van der Waals surface area (Å²) >= 11 is 6.09. The average Bonchev–Trinajstić information content (AvgIpc) is 3.17. The molecule has 0 saturated carbocycles. The van der Waals surface area contributed by atoms with Gasteiger partial charge in [-0.15, -0.1) is 0 Å². The van der Waals surface area contributed by atoms with Crippen molar-refractivity contribution in [3.63, 3.8) is 0 Å². The van der Waals surface area contributed by atoms with Crippen molar-refractivity contribution in [1.82, 2.24) is 15.5 Å². The van der Waals surface area contributed by atoms with Gasteiger partial charge in [-0.05, 0) is 71.3 Å². The van der Waals surface area contributed by atoms with E-state index >= 15 is 0 Å². The lowest BCUT2D eigenvalue weighted by atomic mass is 9.84. The van der Waals surface area contributed by atoms with E-state index in [4.69, 9.17) is 25.8 Å². The number of aliphatic hydroxyl groups is 2. The van der Waals surface area contributed by atoms with E-state index in [0.29, 0.717) is 37.4 Å². The lowest BCUT2D eigenvalue weighted by Crippen LogP contribution is -2.46. The summed E-state index contributed by atoms with van der Waals surface area (Å²) in [6.07, 6.45) is 1.01. The fraction of sp³-hybridized carbons (Fsp3) is 0.366. The highest BCUT2D eigenvalue weighted by Crippen LogP contribution is 2.40. The minimum atomic E-state index is -0.880. The molecule has 2 saturated heterocycles. The molecule has 11 heteroatoms. The molecule has 2 heterocycles. The predicted octanol–water partition coefficient (Wildman–Crippen LogP) is 6.39. The van der Waals surface area contributed by atoms with Gasteiger partial charge in [0.05, 0.1) is 31.0 Å². The number of benzene rings is 4. The fourth-order valence-corrected chi connectivity index (χ4v) is 6.90. The summed E-state index contributed by atoms with van der Waals surface area (Å²) in [5, 5.41) is 26.9. The van der Waals surface area contributed by atoms with Gasteiger partial charge in [0, 0.05) is 43.2 Å². The van der Waals surface area contributed by atoms with Gasteiger partial charge in [0.15, 0.2) is 6.29 Å². The molecule has 0 unspecified atom stereocenters. The molecule has 274 valence electrons. The lowest BCUT2D eigenvalue weighted by molar-refractivity contribution is -0.253. The smallest absolute Gasteiger partial charge is 0.325 e. The number of esters is 1. The second-order valence-electron chi connectivity index (χ2n) is 13.4. The van der Waals surface area contributed by atoms with Gasteiger partial charge in [0.1, 0.15) is 6.54 Å².